The number of nitrogens with zero attached hydrogens (tertiary/aromatic N) is 1. The minimum absolute atomic E-state index is 0.0373. The molecule has 0 unspecified atom stereocenters. The van der Waals surface area contributed by atoms with Gasteiger partial charge < -0.3 is 23.8 Å². The van der Waals surface area contributed by atoms with Crippen molar-refractivity contribution in [3.05, 3.63) is 60.2 Å². The molecular weight excluding hydrogens is 422 g/mol. The van der Waals surface area contributed by atoms with Gasteiger partial charge in [0, 0.05) is 19.6 Å². The van der Waals surface area contributed by atoms with E-state index in [1.165, 1.54) is 19.1 Å². The van der Waals surface area contributed by atoms with Crippen molar-refractivity contribution < 1.29 is 28.5 Å². The molecule has 0 bridgehead atoms. The van der Waals surface area contributed by atoms with Crippen LogP contribution >= 0.6 is 0 Å². The van der Waals surface area contributed by atoms with Gasteiger partial charge in [-0.15, -0.1) is 0 Å². The van der Waals surface area contributed by atoms with Crippen LogP contribution in [-0.4, -0.2) is 62.8 Å². The van der Waals surface area contributed by atoms with E-state index < -0.39 is 29.7 Å². The normalized spacial score (nSPS) is 20.9. The average molecular weight is 456 g/mol. The maximum atomic E-state index is 12.9. The van der Waals surface area contributed by atoms with Gasteiger partial charge in [-0.1, -0.05) is 54.6 Å². The zero-order chi connectivity index (χ0) is 24.0. The van der Waals surface area contributed by atoms with Gasteiger partial charge in [-0.2, -0.15) is 0 Å². The van der Waals surface area contributed by atoms with Gasteiger partial charge in [0.2, 0.25) is 0 Å². The first-order chi connectivity index (χ1) is 15.7. The van der Waals surface area contributed by atoms with Gasteiger partial charge in [0.15, 0.2) is 0 Å². The summed E-state index contributed by atoms with van der Waals surface area (Å²) >= 11 is 0. The van der Waals surface area contributed by atoms with E-state index in [2.05, 4.69) is 6.07 Å². The minimum Gasteiger partial charge on any atom is -0.469 e. The smallest absolute Gasteiger partial charge is 0.410 e. The summed E-state index contributed by atoms with van der Waals surface area (Å²) in [6.45, 7) is 5.91. The second kappa shape index (κ2) is 10.8. The lowest BCUT2D eigenvalue weighted by atomic mass is 9.78. The molecule has 2 aromatic carbocycles. The SMILES string of the molecule is COCO[C@@H]1CN(C(=O)OC(C)(C)C)C[C@H](C(=O)OC)[C@H]1c1cccc(-c2ccccc2)c1. The maximum absolute atomic E-state index is 12.9. The van der Waals surface area contributed by atoms with E-state index in [0.717, 1.165) is 16.7 Å². The molecule has 178 valence electrons. The van der Waals surface area contributed by atoms with Gasteiger partial charge in [0.25, 0.3) is 0 Å². The van der Waals surface area contributed by atoms with Gasteiger partial charge in [0.1, 0.15) is 12.4 Å². The molecule has 3 atom stereocenters. The van der Waals surface area contributed by atoms with E-state index in [1.807, 2.05) is 69.3 Å². The lowest BCUT2D eigenvalue weighted by Gasteiger charge is -2.42. The van der Waals surface area contributed by atoms with E-state index in [-0.39, 0.29) is 25.8 Å². The fourth-order valence-electron chi connectivity index (χ4n) is 4.18. The minimum atomic E-state index is -0.651. The number of esters is 1. The van der Waals surface area contributed by atoms with Gasteiger partial charge in [0.05, 0.1) is 25.7 Å². The predicted octanol–water partition coefficient (Wildman–Crippen LogP) is 4.47. The van der Waals surface area contributed by atoms with Crippen LogP contribution in [0.4, 0.5) is 4.79 Å². The summed E-state index contributed by atoms with van der Waals surface area (Å²) in [5.74, 6) is -1.34. The number of amides is 1. The van der Waals surface area contributed by atoms with Crippen molar-refractivity contribution in [1.29, 1.82) is 0 Å². The Morgan fingerprint density at radius 1 is 0.970 bits per heavy atom. The first kappa shape index (κ1) is 24.7. The Kier molecular flexibility index (Phi) is 8.10. The number of likely N-dealkylation sites (tertiary alicyclic amines) is 1. The fraction of sp³-hybridized carbons (Fsp3) is 0.462. The lowest BCUT2D eigenvalue weighted by molar-refractivity contribution is -0.156. The largest absolute Gasteiger partial charge is 0.469 e. The second-order valence-electron chi connectivity index (χ2n) is 9.14. The second-order valence-corrected chi connectivity index (χ2v) is 9.14. The third-order valence-corrected chi connectivity index (χ3v) is 5.59. The summed E-state index contributed by atoms with van der Waals surface area (Å²) in [7, 11) is 2.90. The molecule has 7 heteroatoms. The molecule has 1 saturated heterocycles. The standard InChI is InChI=1S/C26H33NO6/c1-26(2,3)33-25(29)27-15-21(24(28)31-5)23(22(16-27)32-17-30-4)20-13-9-12-19(14-20)18-10-7-6-8-11-18/h6-14,21-23H,15-17H2,1-5H3/t21-,22+,23+/m0/s1. The van der Waals surface area contributed by atoms with Crippen molar-refractivity contribution in [2.45, 2.75) is 38.4 Å². The molecule has 1 amide bonds. The van der Waals surface area contributed by atoms with Crippen LogP contribution in [0, 0.1) is 5.92 Å². The monoisotopic (exact) mass is 455 g/mol. The molecule has 1 aliphatic heterocycles. The quantitative estimate of drug-likeness (QED) is 0.473. The van der Waals surface area contributed by atoms with E-state index >= 15 is 0 Å². The highest BCUT2D eigenvalue weighted by Crippen LogP contribution is 2.38. The predicted molar refractivity (Wildman–Crippen MR) is 125 cm³/mol. The van der Waals surface area contributed by atoms with Crippen LogP contribution in [0.25, 0.3) is 11.1 Å². The summed E-state index contributed by atoms with van der Waals surface area (Å²) in [6, 6.07) is 18.1. The van der Waals surface area contributed by atoms with Crippen molar-refractivity contribution in [3.8, 4) is 11.1 Å². The highest BCUT2D eigenvalue weighted by Gasteiger charge is 2.45. The number of hydrogen-bond acceptors (Lipinski definition) is 6. The number of ether oxygens (including phenoxy) is 4. The summed E-state index contributed by atoms with van der Waals surface area (Å²) in [5, 5.41) is 0. The lowest BCUT2D eigenvalue weighted by Crippen LogP contribution is -2.54. The molecule has 2 aromatic rings. The molecule has 0 saturated carbocycles. The molecule has 1 heterocycles. The van der Waals surface area contributed by atoms with Gasteiger partial charge in [-0.3, -0.25) is 4.79 Å². The fourth-order valence-corrected chi connectivity index (χ4v) is 4.18. The summed E-state index contributed by atoms with van der Waals surface area (Å²) < 4.78 is 21.8. The Labute approximate surface area is 195 Å². The molecule has 0 N–H and O–H groups in total. The number of piperidine rings is 1. The molecule has 1 fully saturated rings. The zero-order valence-corrected chi connectivity index (χ0v) is 19.9. The molecule has 1 aliphatic rings. The van der Waals surface area contributed by atoms with Crippen LogP contribution in [0.2, 0.25) is 0 Å². The summed E-state index contributed by atoms with van der Waals surface area (Å²) in [5.41, 5.74) is 2.41. The highest BCUT2D eigenvalue weighted by atomic mass is 16.7. The van der Waals surface area contributed by atoms with Gasteiger partial charge in [-0.05, 0) is 37.5 Å². The van der Waals surface area contributed by atoms with Crippen molar-refractivity contribution in [2.75, 3.05) is 34.1 Å². The molecule has 0 aliphatic carbocycles. The van der Waals surface area contributed by atoms with E-state index in [9.17, 15) is 9.59 Å². The number of hydrogen-bond donors (Lipinski definition) is 0. The third-order valence-electron chi connectivity index (χ3n) is 5.59. The van der Waals surface area contributed by atoms with E-state index in [0.29, 0.717) is 0 Å². The molecule has 0 aromatic heterocycles. The van der Waals surface area contributed by atoms with Crippen LogP contribution in [-0.2, 0) is 23.7 Å². The molecular formula is C26H33NO6. The molecule has 7 nitrogen and oxygen atoms in total. The van der Waals surface area contributed by atoms with Gasteiger partial charge >= 0.3 is 12.1 Å². The Morgan fingerprint density at radius 2 is 1.67 bits per heavy atom. The Balaban J connectivity index is 1.98. The Bertz CT molecular complexity index is 939. The van der Waals surface area contributed by atoms with Crippen LogP contribution in [0.5, 0.6) is 0 Å². The molecule has 33 heavy (non-hydrogen) atoms. The van der Waals surface area contributed by atoms with E-state index in [4.69, 9.17) is 18.9 Å². The highest BCUT2D eigenvalue weighted by molar-refractivity contribution is 5.77. The van der Waals surface area contributed by atoms with Gasteiger partial charge in [-0.25, -0.2) is 4.79 Å². The first-order valence-corrected chi connectivity index (χ1v) is 11.0. The third kappa shape index (κ3) is 6.33. The number of carbonyl (C=O) groups is 2. The van der Waals surface area contributed by atoms with Crippen LogP contribution in [0.1, 0.15) is 32.3 Å². The number of benzene rings is 2. The Morgan fingerprint density at radius 3 is 2.30 bits per heavy atom. The molecule has 0 radical (unpaired) electrons. The van der Waals surface area contributed by atoms with Crippen LogP contribution in [0.15, 0.2) is 54.6 Å². The van der Waals surface area contributed by atoms with Crippen LogP contribution in [0.3, 0.4) is 0 Å². The topological polar surface area (TPSA) is 74.3 Å². The van der Waals surface area contributed by atoms with Crippen molar-refractivity contribution in [3.63, 3.8) is 0 Å². The summed E-state index contributed by atoms with van der Waals surface area (Å²) in [6.07, 6.45) is -0.972. The van der Waals surface area contributed by atoms with Crippen LogP contribution < -0.4 is 0 Å². The Hall–Kier alpha value is -2.90. The average Bonchev–Trinajstić information content (AvgIpc) is 2.81. The first-order valence-electron chi connectivity index (χ1n) is 11.0. The van der Waals surface area contributed by atoms with Crippen molar-refractivity contribution in [2.24, 2.45) is 5.92 Å². The van der Waals surface area contributed by atoms with Crippen molar-refractivity contribution in [1.82, 2.24) is 4.90 Å². The number of rotatable bonds is 6. The summed E-state index contributed by atoms with van der Waals surface area (Å²) in [4.78, 5) is 27.2. The zero-order valence-electron chi connectivity index (χ0n) is 19.9. The van der Waals surface area contributed by atoms with E-state index in [1.54, 1.807) is 0 Å². The maximum Gasteiger partial charge on any atom is 0.410 e. The van der Waals surface area contributed by atoms with Crippen molar-refractivity contribution >= 4 is 12.1 Å². The number of methoxy groups -OCH3 is 2. The number of carbonyl (C=O) groups excluding carboxylic acids is 2. The molecule has 0 spiro atoms. The molecule has 3 rings (SSSR count).